The molecule has 0 spiro atoms. The van der Waals surface area contributed by atoms with Crippen LogP contribution in [0.25, 0.3) is 0 Å². The molecule has 0 bridgehead atoms. The van der Waals surface area contributed by atoms with E-state index in [1.54, 1.807) is 0 Å². The minimum Gasteiger partial charge on any atom is -0.493 e. The zero-order valence-corrected chi connectivity index (χ0v) is 13.3. The molecule has 1 rings (SSSR count). The van der Waals surface area contributed by atoms with Gasteiger partial charge in [0.05, 0.1) is 6.61 Å². The predicted molar refractivity (Wildman–Crippen MR) is 83.3 cm³/mol. The fraction of sp³-hybridized carbons (Fsp3) is 0.625. The zero-order chi connectivity index (χ0) is 14.3. The molecule has 1 aromatic rings. The number of aryl methyl sites for hydroxylation is 1. The smallest absolute Gasteiger partial charge is 0.123 e. The average Bonchev–Trinajstić information content (AvgIpc) is 2.31. The van der Waals surface area contributed by atoms with Gasteiger partial charge in [-0.3, -0.25) is 0 Å². The van der Waals surface area contributed by atoms with E-state index in [2.05, 4.69) is 26.1 Å². The van der Waals surface area contributed by atoms with Gasteiger partial charge in [-0.25, -0.2) is 0 Å². The molecule has 1 aromatic carbocycles. The summed E-state index contributed by atoms with van der Waals surface area (Å²) in [5, 5.41) is 4.22. The van der Waals surface area contributed by atoms with Gasteiger partial charge in [0.2, 0.25) is 0 Å². The maximum atomic E-state index is 5.95. The van der Waals surface area contributed by atoms with Crippen molar-refractivity contribution in [2.75, 3.05) is 13.2 Å². The van der Waals surface area contributed by atoms with Gasteiger partial charge in [0.1, 0.15) is 5.75 Å². The summed E-state index contributed by atoms with van der Waals surface area (Å²) in [5.41, 5.74) is 1.35. The SMILES string of the molecule is Cc1ccc(Cl)cc1OCCCCCNC(C)(C)C. The minimum atomic E-state index is 0.217. The van der Waals surface area contributed by atoms with Gasteiger partial charge in [-0.15, -0.1) is 0 Å². The fourth-order valence-electron chi connectivity index (χ4n) is 1.78. The lowest BCUT2D eigenvalue weighted by Gasteiger charge is -2.20. The first-order valence-electron chi connectivity index (χ1n) is 7.02. The van der Waals surface area contributed by atoms with Crippen LogP contribution in [0.5, 0.6) is 5.75 Å². The summed E-state index contributed by atoms with van der Waals surface area (Å²) in [7, 11) is 0. The number of hydrogen-bond donors (Lipinski definition) is 1. The summed E-state index contributed by atoms with van der Waals surface area (Å²) in [6.07, 6.45) is 3.45. The van der Waals surface area contributed by atoms with Crippen LogP contribution in [0.3, 0.4) is 0 Å². The van der Waals surface area contributed by atoms with E-state index >= 15 is 0 Å². The van der Waals surface area contributed by atoms with Gasteiger partial charge in [-0.05, 0) is 71.2 Å². The normalized spacial score (nSPS) is 11.6. The molecule has 0 heterocycles. The van der Waals surface area contributed by atoms with Crippen LogP contribution >= 0.6 is 11.6 Å². The first-order valence-corrected chi connectivity index (χ1v) is 7.40. The van der Waals surface area contributed by atoms with E-state index < -0.39 is 0 Å². The maximum absolute atomic E-state index is 5.95. The van der Waals surface area contributed by atoms with E-state index in [1.807, 2.05) is 25.1 Å². The summed E-state index contributed by atoms with van der Waals surface area (Å²) in [6.45, 7) is 10.4. The molecule has 1 N–H and O–H groups in total. The molecule has 19 heavy (non-hydrogen) atoms. The Labute approximate surface area is 122 Å². The van der Waals surface area contributed by atoms with Gasteiger partial charge in [0, 0.05) is 10.6 Å². The summed E-state index contributed by atoms with van der Waals surface area (Å²) in [4.78, 5) is 0. The number of ether oxygens (including phenoxy) is 1. The summed E-state index contributed by atoms with van der Waals surface area (Å²) in [6, 6.07) is 5.77. The Bertz CT molecular complexity index is 385. The summed E-state index contributed by atoms with van der Waals surface area (Å²) in [5.74, 6) is 0.903. The number of benzene rings is 1. The van der Waals surface area contributed by atoms with Crippen molar-refractivity contribution >= 4 is 11.6 Å². The molecule has 0 fully saturated rings. The molecule has 0 aliphatic carbocycles. The molecule has 108 valence electrons. The van der Waals surface area contributed by atoms with E-state index in [4.69, 9.17) is 16.3 Å². The highest BCUT2D eigenvalue weighted by atomic mass is 35.5. The first kappa shape index (κ1) is 16.3. The fourth-order valence-corrected chi connectivity index (χ4v) is 1.94. The van der Waals surface area contributed by atoms with Crippen LogP contribution in [0.1, 0.15) is 45.6 Å². The molecule has 0 saturated heterocycles. The molecule has 0 atom stereocenters. The van der Waals surface area contributed by atoms with Crippen LogP contribution in [-0.2, 0) is 0 Å². The lowest BCUT2D eigenvalue weighted by atomic mass is 10.1. The highest BCUT2D eigenvalue weighted by Crippen LogP contribution is 2.22. The van der Waals surface area contributed by atoms with Crippen molar-refractivity contribution < 1.29 is 4.74 Å². The van der Waals surface area contributed by atoms with Crippen molar-refractivity contribution in [2.45, 2.75) is 52.5 Å². The number of unbranched alkanes of at least 4 members (excludes halogenated alkanes) is 2. The summed E-state index contributed by atoms with van der Waals surface area (Å²) >= 11 is 5.95. The van der Waals surface area contributed by atoms with Crippen molar-refractivity contribution in [3.05, 3.63) is 28.8 Å². The second-order valence-electron chi connectivity index (χ2n) is 6.00. The van der Waals surface area contributed by atoms with Crippen LogP contribution in [0, 0.1) is 6.92 Å². The van der Waals surface area contributed by atoms with Gasteiger partial charge in [-0.2, -0.15) is 0 Å². The Morgan fingerprint density at radius 2 is 1.89 bits per heavy atom. The Balaban J connectivity index is 2.12. The predicted octanol–water partition coefficient (Wildman–Crippen LogP) is 4.59. The van der Waals surface area contributed by atoms with Crippen LogP contribution in [-0.4, -0.2) is 18.7 Å². The number of halogens is 1. The molecule has 0 amide bonds. The number of nitrogens with one attached hydrogen (secondary N) is 1. The van der Waals surface area contributed by atoms with Gasteiger partial charge in [-0.1, -0.05) is 17.7 Å². The number of rotatable bonds is 7. The third-order valence-electron chi connectivity index (χ3n) is 2.88. The van der Waals surface area contributed by atoms with Gasteiger partial charge >= 0.3 is 0 Å². The molecule has 0 aliphatic heterocycles. The Hall–Kier alpha value is -0.730. The first-order chi connectivity index (χ1) is 8.88. The molecule has 2 nitrogen and oxygen atoms in total. The van der Waals surface area contributed by atoms with Crippen LogP contribution in [0.2, 0.25) is 5.02 Å². The van der Waals surface area contributed by atoms with Crippen molar-refractivity contribution in [3.8, 4) is 5.75 Å². The standard InChI is InChI=1S/C16H26ClNO/c1-13-8-9-14(17)12-15(13)19-11-7-5-6-10-18-16(2,3)4/h8-9,12,18H,5-7,10-11H2,1-4H3. The summed E-state index contributed by atoms with van der Waals surface area (Å²) < 4.78 is 5.76. The molecule has 0 unspecified atom stereocenters. The highest BCUT2D eigenvalue weighted by Gasteiger charge is 2.07. The molecule has 3 heteroatoms. The Morgan fingerprint density at radius 1 is 1.16 bits per heavy atom. The van der Waals surface area contributed by atoms with Crippen LogP contribution < -0.4 is 10.1 Å². The van der Waals surface area contributed by atoms with Gasteiger partial charge in [0.15, 0.2) is 0 Å². The van der Waals surface area contributed by atoms with E-state index in [9.17, 15) is 0 Å². The average molecular weight is 284 g/mol. The van der Waals surface area contributed by atoms with Crippen LogP contribution in [0.4, 0.5) is 0 Å². The highest BCUT2D eigenvalue weighted by molar-refractivity contribution is 6.30. The molecular weight excluding hydrogens is 258 g/mol. The quantitative estimate of drug-likeness (QED) is 0.739. The molecule has 0 radical (unpaired) electrons. The molecule has 0 saturated carbocycles. The Kier molecular flexibility index (Phi) is 6.67. The topological polar surface area (TPSA) is 21.3 Å². The van der Waals surface area contributed by atoms with Crippen molar-refractivity contribution in [3.63, 3.8) is 0 Å². The number of hydrogen-bond acceptors (Lipinski definition) is 2. The second-order valence-corrected chi connectivity index (χ2v) is 6.43. The van der Waals surface area contributed by atoms with Crippen molar-refractivity contribution in [2.24, 2.45) is 0 Å². The van der Waals surface area contributed by atoms with Crippen molar-refractivity contribution in [1.82, 2.24) is 5.32 Å². The molecule has 0 aliphatic rings. The second kappa shape index (κ2) is 7.76. The van der Waals surface area contributed by atoms with Crippen LogP contribution in [0.15, 0.2) is 18.2 Å². The van der Waals surface area contributed by atoms with Crippen molar-refractivity contribution in [1.29, 1.82) is 0 Å². The third kappa shape index (κ3) is 7.44. The van der Waals surface area contributed by atoms with Gasteiger partial charge < -0.3 is 10.1 Å². The van der Waals surface area contributed by atoms with E-state index in [0.717, 1.165) is 35.9 Å². The van der Waals surface area contributed by atoms with E-state index in [-0.39, 0.29) is 5.54 Å². The minimum absolute atomic E-state index is 0.217. The monoisotopic (exact) mass is 283 g/mol. The lowest BCUT2D eigenvalue weighted by Crippen LogP contribution is -2.36. The Morgan fingerprint density at radius 3 is 2.58 bits per heavy atom. The largest absolute Gasteiger partial charge is 0.493 e. The molecule has 0 aromatic heterocycles. The molecular formula is C16H26ClNO. The van der Waals surface area contributed by atoms with E-state index in [1.165, 1.54) is 12.8 Å². The lowest BCUT2D eigenvalue weighted by molar-refractivity contribution is 0.301. The van der Waals surface area contributed by atoms with E-state index in [0.29, 0.717) is 0 Å². The third-order valence-corrected chi connectivity index (χ3v) is 3.12. The maximum Gasteiger partial charge on any atom is 0.123 e. The van der Waals surface area contributed by atoms with Gasteiger partial charge in [0.25, 0.3) is 0 Å². The zero-order valence-electron chi connectivity index (χ0n) is 12.6.